The molecule has 0 radical (unpaired) electrons. The zero-order chi connectivity index (χ0) is 26.4. The quantitative estimate of drug-likeness (QED) is 0.291. The van der Waals surface area contributed by atoms with Crippen LogP contribution in [-0.2, 0) is 24.8 Å². The molecule has 1 aromatic rings. The van der Waals surface area contributed by atoms with Crippen molar-refractivity contribution in [3.63, 3.8) is 0 Å². The highest BCUT2D eigenvalue weighted by molar-refractivity contribution is 7.89. The topological polar surface area (TPSA) is 159 Å². The SMILES string of the molecule is CCCCS(=O)(=O)NC(CNS(=O)(=O)c1cccc(C(=O)C2CCC3(CCNCC3)CC2)c1)C(=O)O. The normalized spacial score (nSPS) is 19.7. The van der Waals surface area contributed by atoms with E-state index in [0.717, 1.165) is 51.6 Å². The van der Waals surface area contributed by atoms with Crippen LogP contribution in [0.2, 0.25) is 0 Å². The maximum Gasteiger partial charge on any atom is 0.323 e. The largest absolute Gasteiger partial charge is 0.480 e. The number of rotatable bonds is 12. The molecule has 1 aromatic carbocycles. The number of hydrogen-bond donors (Lipinski definition) is 4. The van der Waals surface area contributed by atoms with Gasteiger partial charge < -0.3 is 10.4 Å². The summed E-state index contributed by atoms with van der Waals surface area (Å²) < 4.78 is 54.1. The van der Waals surface area contributed by atoms with Gasteiger partial charge in [0.2, 0.25) is 20.0 Å². The van der Waals surface area contributed by atoms with Gasteiger partial charge in [0.15, 0.2) is 5.78 Å². The average Bonchev–Trinajstić information content (AvgIpc) is 2.86. The molecule has 10 nitrogen and oxygen atoms in total. The monoisotopic (exact) mass is 543 g/mol. The van der Waals surface area contributed by atoms with Gasteiger partial charge in [-0.05, 0) is 75.6 Å². The number of sulfonamides is 2. The lowest BCUT2D eigenvalue weighted by Crippen LogP contribution is -2.48. The Hall–Kier alpha value is -1.86. The Morgan fingerprint density at radius 2 is 1.78 bits per heavy atom. The van der Waals surface area contributed by atoms with Gasteiger partial charge in [-0.15, -0.1) is 0 Å². The van der Waals surface area contributed by atoms with Crippen molar-refractivity contribution in [2.45, 2.75) is 69.2 Å². The fourth-order valence-electron chi connectivity index (χ4n) is 5.07. The van der Waals surface area contributed by atoms with E-state index in [-0.39, 0.29) is 22.3 Å². The molecule has 0 amide bonds. The zero-order valence-electron chi connectivity index (χ0n) is 20.7. The maximum absolute atomic E-state index is 13.2. The van der Waals surface area contributed by atoms with Crippen LogP contribution in [0.4, 0.5) is 0 Å². The van der Waals surface area contributed by atoms with Gasteiger partial charge in [0, 0.05) is 18.0 Å². The van der Waals surface area contributed by atoms with Crippen LogP contribution >= 0.6 is 0 Å². The summed E-state index contributed by atoms with van der Waals surface area (Å²) >= 11 is 0. The number of aliphatic carboxylic acids is 1. The second-order valence-electron chi connectivity index (χ2n) is 9.95. The molecule has 2 fully saturated rings. The molecule has 1 spiro atoms. The minimum absolute atomic E-state index is 0.0806. The second-order valence-corrected chi connectivity index (χ2v) is 13.6. The molecule has 1 unspecified atom stereocenters. The molecule has 1 heterocycles. The lowest BCUT2D eigenvalue weighted by molar-refractivity contribution is -0.138. The molecule has 1 saturated heterocycles. The lowest BCUT2D eigenvalue weighted by atomic mass is 9.65. The van der Waals surface area contributed by atoms with Crippen molar-refractivity contribution in [2.24, 2.45) is 11.3 Å². The molecule has 0 aromatic heterocycles. The first kappa shape index (κ1) is 28.7. The number of hydrogen-bond acceptors (Lipinski definition) is 7. The standard InChI is InChI=1S/C24H37N3O7S2/c1-2-3-15-35(31,32)27-21(23(29)30)17-26-36(33,34)20-6-4-5-19(16-20)22(28)18-7-9-24(10-8-18)11-13-25-14-12-24/h4-6,16,18,21,25-27H,2-3,7-15,17H2,1H3,(H,29,30). The fourth-order valence-corrected chi connectivity index (χ4v) is 7.56. The molecule has 1 aliphatic carbocycles. The Morgan fingerprint density at radius 1 is 1.11 bits per heavy atom. The van der Waals surface area contributed by atoms with E-state index in [2.05, 4.69) is 10.0 Å². The Kier molecular flexibility index (Phi) is 9.67. The smallest absolute Gasteiger partial charge is 0.323 e. The van der Waals surface area contributed by atoms with E-state index in [1.807, 2.05) is 4.72 Å². The average molecular weight is 544 g/mol. The van der Waals surface area contributed by atoms with Crippen molar-refractivity contribution in [1.29, 1.82) is 0 Å². The summed E-state index contributed by atoms with van der Waals surface area (Å²) in [7, 11) is -8.05. The molecule has 4 N–H and O–H groups in total. The van der Waals surface area contributed by atoms with Crippen LogP contribution in [0.15, 0.2) is 29.2 Å². The molecule has 1 atom stereocenters. The van der Waals surface area contributed by atoms with Crippen molar-refractivity contribution in [2.75, 3.05) is 25.4 Å². The number of ketones is 1. The van der Waals surface area contributed by atoms with E-state index in [1.54, 1.807) is 13.0 Å². The number of Topliss-reactive ketones (excluding diaryl/α,β-unsaturated/α-hetero) is 1. The van der Waals surface area contributed by atoms with E-state index < -0.39 is 38.6 Å². The summed E-state index contributed by atoms with van der Waals surface area (Å²) in [5.74, 6) is -1.97. The predicted octanol–water partition coefficient (Wildman–Crippen LogP) is 1.88. The number of carboxylic acids is 1. The molecule has 0 bridgehead atoms. The molecule has 1 saturated carbocycles. The molecule has 1 aliphatic heterocycles. The second kappa shape index (κ2) is 12.1. The third-order valence-electron chi connectivity index (χ3n) is 7.37. The van der Waals surface area contributed by atoms with Gasteiger partial charge in [0.1, 0.15) is 6.04 Å². The highest BCUT2D eigenvalue weighted by Crippen LogP contribution is 2.45. The van der Waals surface area contributed by atoms with Crippen LogP contribution in [0.1, 0.15) is 68.6 Å². The predicted molar refractivity (Wildman–Crippen MR) is 136 cm³/mol. The molecule has 36 heavy (non-hydrogen) atoms. The maximum atomic E-state index is 13.2. The van der Waals surface area contributed by atoms with Gasteiger partial charge in [0.25, 0.3) is 0 Å². The summed E-state index contributed by atoms with van der Waals surface area (Å²) in [6.45, 7) is 3.15. The van der Waals surface area contributed by atoms with Crippen molar-refractivity contribution >= 4 is 31.8 Å². The van der Waals surface area contributed by atoms with E-state index in [9.17, 15) is 31.5 Å². The van der Waals surface area contributed by atoms with Gasteiger partial charge in [-0.1, -0.05) is 25.5 Å². The molecule has 3 rings (SSSR count). The van der Waals surface area contributed by atoms with Gasteiger partial charge >= 0.3 is 5.97 Å². The van der Waals surface area contributed by atoms with E-state index in [1.165, 1.54) is 18.2 Å². The third-order valence-corrected chi connectivity index (χ3v) is 10.3. The third kappa shape index (κ3) is 7.58. The number of piperidine rings is 1. The summed E-state index contributed by atoms with van der Waals surface area (Å²) in [5, 5.41) is 12.8. The number of carboxylic acid groups (broad SMARTS) is 1. The summed E-state index contributed by atoms with van der Waals surface area (Å²) in [6.07, 6.45) is 6.77. The van der Waals surface area contributed by atoms with Crippen LogP contribution in [-0.4, -0.2) is 65.1 Å². The van der Waals surface area contributed by atoms with Crippen molar-refractivity contribution in [3.05, 3.63) is 29.8 Å². The number of unbranched alkanes of at least 4 members (excludes halogenated alkanes) is 1. The highest BCUT2D eigenvalue weighted by atomic mass is 32.2. The molecule has 2 aliphatic rings. The molecular formula is C24H37N3O7S2. The summed E-state index contributed by atoms with van der Waals surface area (Å²) in [6, 6.07) is 4.06. The first-order chi connectivity index (χ1) is 17.0. The van der Waals surface area contributed by atoms with Crippen molar-refractivity contribution in [3.8, 4) is 0 Å². The van der Waals surface area contributed by atoms with E-state index in [0.29, 0.717) is 23.8 Å². The van der Waals surface area contributed by atoms with Crippen molar-refractivity contribution < 1.29 is 31.5 Å². The molecular weight excluding hydrogens is 506 g/mol. The van der Waals surface area contributed by atoms with Crippen LogP contribution in [0.5, 0.6) is 0 Å². The highest BCUT2D eigenvalue weighted by Gasteiger charge is 2.38. The van der Waals surface area contributed by atoms with Gasteiger partial charge in [0.05, 0.1) is 10.6 Å². The van der Waals surface area contributed by atoms with Crippen LogP contribution in [0, 0.1) is 11.3 Å². The Labute approximate surface area is 213 Å². The number of nitrogens with one attached hydrogen (secondary N) is 3. The lowest BCUT2D eigenvalue weighted by Gasteiger charge is -2.42. The van der Waals surface area contributed by atoms with Gasteiger partial charge in [-0.2, -0.15) is 4.72 Å². The Morgan fingerprint density at radius 3 is 2.39 bits per heavy atom. The first-order valence-electron chi connectivity index (χ1n) is 12.5. The minimum atomic E-state index is -4.18. The van der Waals surface area contributed by atoms with Crippen LogP contribution in [0.3, 0.4) is 0 Å². The minimum Gasteiger partial charge on any atom is -0.480 e. The summed E-state index contributed by atoms with van der Waals surface area (Å²) in [4.78, 5) is 24.5. The zero-order valence-corrected chi connectivity index (χ0v) is 22.3. The first-order valence-corrected chi connectivity index (χ1v) is 15.7. The number of benzene rings is 1. The summed E-state index contributed by atoms with van der Waals surface area (Å²) in [5.41, 5.74) is 0.620. The van der Waals surface area contributed by atoms with Crippen molar-refractivity contribution in [1.82, 2.24) is 14.8 Å². The Bertz CT molecular complexity index is 1140. The van der Waals surface area contributed by atoms with Gasteiger partial charge in [-0.25, -0.2) is 21.6 Å². The molecule has 202 valence electrons. The van der Waals surface area contributed by atoms with E-state index in [4.69, 9.17) is 0 Å². The number of carbonyl (C=O) groups is 2. The van der Waals surface area contributed by atoms with Gasteiger partial charge in [-0.3, -0.25) is 9.59 Å². The fraction of sp³-hybridized carbons (Fsp3) is 0.667. The Balaban J connectivity index is 1.64. The molecule has 12 heteroatoms. The van der Waals surface area contributed by atoms with E-state index >= 15 is 0 Å². The van der Waals surface area contributed by atoms with Crippen LogP contribution < -0.4 is 14.8 Å². The number of carbonyl (C=O) groups excluding carboxylic acids is 1. The van der Waals surface area contributed by atoms with Crippen LogP contribution in [0.25, 0.3) is 0 Å².